The average Bonchev–Trinajstić information content (AvgIpc) is 3.04. The molecule has 0 spiro atoms. The molecule has 4 nitrogen and oxygen atoms in total. The topological polar surface area (TPSA) is 70.5 Å². The Labute approximate surface area is 158 Å². The molecular weight excluding hydrogens is 356 g/mol. The second kappa shape index (κ2) is 6.47. The van der Waals surface area contributed by atoms with E-state index in [0.717, 1.165) is 5.56 Å². The fraction of sp³-hybridized carbons (Fsp3) is 0.0455. The number of hydrogen-bond acceptors (Lipinski definition) is 2. The minimum atomic E-state index is -3.82. The Balaban J connectivity index is 2.09. The van der Waals surface area contributed by atoms with Crippen LogP contribution in [0.15, 0.2) is 83.8 Å². The van der Waals surface area contributed by atoms with Gasteiger partial charge in [-0.25, -0.2) is 8.42 Å². The highest BCUT2D eigenvalue weighted by molar-refractivity contribution is 8.01. The van der Waals surface area contributed by atoms with Crippen molar-refractivity contribution in [3.63, 3.8) is 0 Å². The van der Waals surface area contributed by atoms with Crippen molar-refractivity contribution < 1.29 is 13.2 Å². The van der Waals surface area contributed by atoms with Gasteiger partial charge in [0.15, 0.2) is 0 Å². The minimum absolute atomic E-state index is 0.168. The van der Waals surface area contributed by atoms with Gasteiger partial charge in [0.25, 0.3) is 0 Å². The van der Waals surface area contributed by atoms with Crippen molar-refractivity contribution in [2.24, 2.45) is 0 Å². The molecule has 132 valence electrons. The largest absolute Gasteiger partial charge is 0.361 e. The van der Waals surface area contributed by atoms with Gasteiger partial charge in [-0.2, -0.15) is 4.79 Å². The van der Waals surface area contributed by atoms with Crippen LogP contribution in [0.3, 0.4) is 0 Å². The quantitative estimate of drug-likeness (QED) is 0.506. The maximum absolute atomic E-state index is 13.6. The first-order chi connectivity index (χ1) is 13.0. The van der Waals surface area contributed by atoms with Crippen molar-refractivity contribution in [2.75, 3.05) is 0 Å². The molecule has 27 heavy (non-hydrogen) atoms. The van der Waals surface area contributed by atoms with E-state index in [0.29, 0.717) is 22.3 Å². The van der Waals surface area contributed by atoms with Gasteiger partial charge in [0.2, 0.25) is 9.84 Å². The van der Waals surface area contributed by atoms with Crippen molar-refractivity contribution in [2.45, 2.75) is 11.8 Å². The summed E-state index contributed by atoms with van der Waals surface area (Å²) in [6.45, 7) is 1.91. The normalized spacial score (nSPS) is 13.4. The molecule has 0 aliphatic heterocycles. The summed E-state index contributed by atoms with van der Waals surface area (Å²) >= 11 is 0. The maximum atomic E-state index is 13.6. The molecule has 0 atom stereocenters. The molecule has 4 rings (SSSR count). The lowest BCUT2D eigenvalue weighted by atomic mass is 10.0. The van der Waals surface area contributed by atoms with E-state index in [2.05, 4.69) is 4.79 Å². The van der Waals surface area contributed by atoms with Crippen molar-refractivity contribution in [1.82, 2.24) is 0 Å². The first-order valence-corrected chi connectivity index (χ1v) is 9.96. The van der Waals surface area contributed by atoms with Crippen LogP contribution < -0.4 is 0 Å². The second-order valence-electron chi connectivity index (χ2n) is 6.38. The molecule has 0 aromatic heterocycles. The van der Waals surface area contributed by atoms with E-state index in [1.165, 1.54) is 0 Å². The number of benzene rings is 3. The Morgan fingerprint density at radius 3 is 2.00 bits per heavy atom. The van der Waals surface area contributed by atoms with Crippen LogP contribution in [0, 0.1) is 6.92 Å². The number of sulfone groups is 1. The molecule has 5 heteroatoms. The number of hydrogen-bond donors (Lipinski definition) is 0. The zero-order valence-electron chi connectivity index (χ0n) is 14.6. The predicted octanol–water partition coefficient (Wildman–Crippen LogP) is 4.37. The van der Waals surface area contributed by atoms with Crippen LogP contribution in [0.5, 0.6) is 0 Å². The third-order valence-electron chi connectivity index (χ3n) is 4.65. The van der Waals surface area contributed by atoms with E-state index in [9.17, 15) is 13.9 Å². The predicted molar refractivity (Wildman–Crippen MR) is 106 cm³/mol. The summed E-state index contributed by atoms with van der Waals surface area (Å²) in [6.07, 6.45) is 0. The third-order valence-corrected chi connectivity index (χ3v) is 6.51. The molecule has 1 aliphatic rings. The Bertz CT molecular complexity index is 1220. The molecular formula is C22H16N2O2S. The van der Waals surface area contributed by atoms with Gasteiger partial charge in [-0.15, -0.1) is 0 Å². The molecule has 0 amide bonds. The van der Waals surface area contributed by atoms with Gasteiger partial charge in [0.05, 0.1) is 20.9 Å². The Kier molecular flexibility index (Phi) is 4.11. The van der Waals surface area contributed by atoms with Crippen molar-refractivity contribution in [3.8, 4) is 0 Å². The molecule has 3 aromatic rings. The summed E-state index contributed by atoms with van der Waals surface area (Å²) in [5.41, 5.74) is 13.2. The number of fused-ring (bicyclic) bond motifs is 1. The first kappa shape index (κ1) is 17.2. The van der Waals surface area contributed by atoms with Gasteiger partial charge in [-0.05, 0) is 30.7 Å². The SMILES string of the molecule is Cc1ccc(S(=O)(=O)C2=C(c3ccccc3)C(=[N+]=[N-])c3ccccc32)cc1. The van der Waals surface area contributed by atoms with Gasteiger partial charge in [-0.3, -0.25) is 0 Å². The minimum Gasteiger partial charge on any atom is -0.361 e. The highest BCUT2D eigenvalue weighted by Crippen LogP contribution is 2.43. The van der Waals surface area contributed by atoms with E-state index in [1.807, 2.05) is 37.3 Å². The van der Waals surface area contributed by atoms with E-state index in [-0.39, 0.29) is 15.5 Å². The smallest absolute Gasteiger partial charge is 0.332 e. The van der Waals surface area contributed by atoms with Crippen LogP contribution in [-0.4, -0.2) is 18.9 Å². The van der Waals surface area contributed by atoms with Crippen LogP contribution in [0.2, 0.25) is 0 Å². The molecule has 1 aliphatic carbocycles. The van der Waals surface area contributed by atoms with Crippen molar-refractivity contribution >= 4 is 26.0 Å². The van der Waals surface area contributed by atoms with E-state index in [1.54, 1.807) is 48.5 Å². The van der Waals surface area contributed by atoms with Gasteiger partial charge in [-0.1, -0.05) is 66.2 Å². The summed E-state index contributed by atoms with van der Waals surface area (Å²) in [6, 6.07) is 23.0. The lowest BCUT2D eigenvalue weighted by Crippen LogP contribution is -2.06. The Hall–Kier alpha value is -3.27. The molecule has 3 aromatic carbocycles. The summed E-state index contributed by atoms with van der Waals surface area (Å²) in [4.78, 5) is 3.83. The molecule has 0 saturated heterocycles. The van der Waals surface area contributed by atoms with Crippen LogP contribution in [0.4, 0.5) is 0 Å². The van der Waals surface area contributed by atoms with Crippen LogP contribution in [0.1, 0.15) is 22.3 Å². The fourth-order valence-electron chi connectivity index (χ4n) is 3.36. The third kappa shape index (κ3) is 2.74. The van der Waals surface area contributed by atoms with Crippen LogP contribution in [-0.2, 0) is 9.84 Å². The number of allylic oxidation sites excluding steroid dienone is 1. The van der Waals surface area contributed by atoms with Gasteiger partial charge in [0, 0.05) is 5.56 Å². The monoisotopic (exact) mass is 372 g/mol. The highest BCUT2D eigenvalue weighted by atomic mass is 32.2. The molecule has 0 heterocycles. The van der Waals surface area contributed by atoms with Crippen LogP contribution in [0.25, 0.3) is 16.0 Å². The van der Waals surface area contributed by atoms with Gasteiger partial charge >= 0.3 is 5.71 Å². The molecule has 0 unspecified atom stereocenters. The first-order valence-electron chi connectivity index (χ1n) is 8.47. The lowest BCUT2D eigenvalue weighted by Gasteiger charge is -2.09. The van der Waals surface area contributed by atoms with E-state index >= 15 is 0 Å². The van der Waals surface area contributed by atoms with Crippen molar-refractivity contribution in [1.29, 1.82) is 0 Å². The van der Waals surface area contributed by atoms with Gasteiger partial charge in [0.1, 0.15) is 0 Å². The summed E-state index contributed by atoms with van der Waals surface area (Å²) in [5.74, 6) is 0. The summed E-state index contributed by atoms with van der Waals surface area (Å²) in [5, 5.41) is 0. The number of rotatable bonds is 3. The standard InChI is InChI=1S/C22H16N2O2S/c1-15-11-13-17(14-12-15)27(25,26)22-19-10-6-5-9-18(19)21(24-23)20(22)16-7-3-2-4-8-16/h2-14H,1H3. The summed E-state index contributed by atoms with van der Waals surface area (Å²) < 4.78 is 27.1. The zero-order valence-corrected chi connectivity index (χ0v) is 15.4. The zero-order chi connectivity index (χ0) is 19.0. The molecule has 0 saturated carbocycles. The molecule has 0 N–H and O–H groups in total. The molecule has 0 fully saturated rings. The Morgan fingerprint density at radius 1 is 0.778 bits per heavy atom. The fourth-order valence-corrected chi connectivity index (χ4v) is 5.04. The summed E-state index contributed by atoms with van der Waals surface area (Å²) in [7, 11) is -3.82. The van der Waals surface area contributed by atoms with Crippen LogP contribution >= 0.6 is 0 Å². The number of nitrogens with zero attached hydrogens (tertiary/aromatic N) is 2. The van der Waals surface area contributed by atoms with E-state index in [4.69, 9.17) is 0 Å². The van der Waals surface area contributed by atoms with Crippen molar-refractivity contribution in [3.05, 3.63) is 107 Å². The molecule has 0 bridgehead atoms. The average molecular weight is 372 g/mol. The molecule has 0 radical (unpaired) electrons. The Morgan fingerprint density at radius 2 is 1.37 bits per heavy atom. The second-order valence-corrected chi connectivity index (χ2v) is 8.27. The maximum Gasteiger partial charge on any atom is 0.332 e. The van der Waals surface area contributed by atoms with Gasteiger partial charge < -0.3 is 5.53 Å². The number of aryl methyl sites for hydroxylation is 1. The highest BCUT2D eigenvalue weighted by Gasteiger charge is 2.41. The van der Waals surface area contributed by atoms with E-state index < -0.39 is 9.84 Å². The lowest BCUT2D eigenvalue weighted by molar-refractivity contribution is -0.00107.